The van der Waals surface area contributed by atoms with Gasteiger partial charge in [-0.1, -0.05) is 41.4 Å². The summed E-state index contributed by atoms with van der Waals surface area (Å²) >= 11 is 3.39. The lowest BCUT2D eigenvalue weighted by Crippen LogP contribution is -2.26. The third-order valence-corrected chi connectivity index (χ3v) is 3.03. The Morgan fingerprint density at radius 3 is 2.56 bits per heavy atom. The Balaban J connectivity index is 2.48. The average molecular weight is 284 g/mol. The highest BCUT2D eigenvalue weighted by Gasteiger charge is 2.08. The van der Waals surface area contributed by atoms with E-state index in [1.165, 1.54) is 0 Å². The van der Waals surface area contributed by atoms with E-state index in [4.69, 9.17) is 0 Å². The van der Waals surface area contributed by atoms with E-state index in [-0.39, 0.29) is 11.9 Å². The fourth-order valence-corrected chi connectivity index (χ4v) is 1.75. The van der Waals surface area contributed by atoms with E-state index in [1.807, 2.05) is 31.2 Å². The molecule has 1 atom stereocenters. The van der Waals surface area contributed by atoms with Gasteiger partial charge in [-0.15, -0.1) is 0 Å². The molecule has 1 aromatic rings. The Morgan fingerprint density at radius 2 is 2.00 bits per heavy atom. The molecule has 16 heavy (non-hydrogen) atoms. The van der Waals surface area contributed by atoms with Crippen LogP contribution < -0.4 is 5.32 Å². The number of unbranched alkanes of at least 4 members (excludes halogenated alkanes) is 1. The maximum atomic E-state index is 11.5. The van der Waals surface area contributed by atoms with E-state index in [9.17, 15) is 4.79 Å². The molecule has 0 aliphatic heterocycles. The minimum atomic E-state index is 0.0810. The maximum absolute atomic E-state index is 11.5. The summed E-state index contributed by atoms with van der Waals surface area (Å²) in [6, 6.07) is 8.11. The first-order valence-corrected chi connectivity index (χ1v) is 6.47. The van der Waals surface area contributed by atoms with Crippen LogP contribution in [0.2, 0.25) is 0 Å². The van der Waals surface area contributed by atoms with Gasteiger partial charge in [0.1, 0.15) is 0 Å². The van der Waals surface area contributed by atoms with Crippen LogP contribution in [0.5, 0.6) is 0 Å². The normalized spacial score (nSPS) is 12.2. The van der Waals surface area contributed by atoms with E-state index in [0.717, 1.165) is 22.9 Å². The number of halogens is 1. The monoisotopic (exact) mass is 283 g/mol. The standard InChI is InChI=1S/C13H18BrNO/c1-3-4-5-13(16)15-10(2)11-6-8-12(14)9-7-11/h6-10H,3-5H2,1-2H3,(H,15,16). The zero-order valence-corrected chi connectivity index (χ0v) is 11.4. The van der Waals surface area contributed by atoms with Crippen LogP contribution in [0.15, 0.2) is 28.7 Å². The molecular weight excluding hydrogens is 266 g/mol. The Hall–Kier alpha value is -0.830. The molecule has 1 amide bonds. The summed E-state index contributed by atoms with van der Waals surface area (Å²) in [5.41, 5.74) is 1.13. The van der Waals surface area contributed by atoms with Gasteiger partial charge in [-0.2, -0.15) is 0 Å². The molecule has 0 bridgehead atoms. The molecular formula is C13H18BrNO. The smallest absolute Gasteiger partial charge is 0.220 e. The SMILES string of the molecule is CCCCC(=O)NC(C)c1ccc(Br)cc1. The van der Waals surface area contributed by atoms with Crippen molar-refractivity contribution in [3.05, 3.63) is 34.3 Å². The first-order valence-electron chi connectivity index (χ1n) is 5.68. The molecule has 2 nitrogen and oxygen atoms in total. The van der Waals surface area contributed by atoms with E-state index < -0.39 is 0 Å². The summed E-state index contributed by atoms with van der Waals surface area (Å²) in [4.78, 5) is 11.5. The van der Waals surface area contributed by atoms with Crippen LogP contribution in [0.25, 0.3) is 0 Å². The topological polar surface area (TPSA) is 29.1 Å². The molecule has 0 heterocycles. The van der Waals surface area contributed by atoms with Crippen molar-refractivity contribution < 1.29 is 4.79 Å². The second-order valence-corrected chi connectivity index (χ2v) is 4.86. The molecule has 0 aliphatic rings. The molecule has 3 heteroatoms. The quantitative estimate of drug-likeness (QED) is 0.875. The van der Waals surface area contributed by atoms with Crippen molar-refractivity contribution in [2.75, 3.05) is 0 Å². The molecule has 1 aromatic carbocycles. The van der Waals surface area contributed by atoms with Crippen molar-refractivity contribution in [1.29, 1.82) is 0 Å². The number of carbonyl (C=O) groups excluding carboxylic acids is 1. The molecule has 1 rings (SSSR count). The van der Waals surface area contributed by atoms with Gasteiger partial charge in [0, 0.05) is 10.9 Å². The Morgan fingerprint density at radius 1 is 1.38 bits per heavy atom. The molecule has 0 saturated carbocycles. The van der Waals surface area contributed by atoms with Crippen LogP contribution in [0.4, 0.5) is 0 Å². The van der Waals surface area contributed by atoms with Gasteiger partial charge in [0.15, 0.2) is 0 Å². The molecule has 0 fully saturated rings. The third-order valence-electron chi connectivity index (χ3n) is 2.50. The lowest BCUT2D eigenvalue weighted by Gasteiger charge is -2.14. The average Bonchev–Trinajstić information content (AvgIpc) is 2.27. The lowest BCUT2D eigenvalue weighted by atomic mass is 10.1. The van der Waals surface area contributed by atoms with Crippen molar-refractivity contribution in [3.63, 3.8) is 0 Å². The molecule has 88 valence electrons. The maximum Gasteiger partial charge on any atom is 0.220 e. The third kappa shape index (κ3) is 4.35. The first-order chi connectivity index (χ1) is 7.63. The second-order valence-electron chi connectivity index (χ2n) is 3.94. The number of carbonyl (C=O) groups is 1. The van der Waals surface area contributed by atoms with E-state index in [0.29, 0.717) is 6.42 Å². The summed E-state index contributed by atoms with van der Waals surface area (Å²) < 4.78 is 1.06. The zero-order chi connectivity index (χ0) is 12.0. The molecule has 1 N–H and O–H groups in total. The lowest BCUT2D eigenvalue weighted by molar-refractivity contribution is -0.121. The van der Waals surface area contributed by atoms with Gasteiger partial charge in [-0.3, -0.25) is 4.79 Å². The van der Waals surface area contributed by atoms with Crippen LogP contribution in [0.3, 0.4) is 0 Å². The summed E-state index contributed by atoms with van der Waals surface area (Å²) in [7, 11) is 0. The van der Waals surface area contributed by atoms with Crippen LogP contribution in [0.1, 0.15) is 44.7 Å². The number of benzene rings is 1. The molecule has 1 unspecified atom stereocenters. The Labute approximate surface area is 106 Å². The molecule has 0 aliphatic carbocycles. The molecule has 0 aromatic heterocycles. The number of rotatable bonds is 5. The van der Waals surface area contributed by atoms with Crippen molar-refractivity contribution in [2.45, 2.75) is 39.2 Å². The van der Waals surface area contributed by atoms with Crippen LogP contribution in [0, 0.1) is 0 Å². The predicted molar refractivity (Wildman–Crippen MR) is 70.2 cm³/mol. The van der Waals surface area contributed by atoms with E-state index >= 15 is 0 Å². The highest BCUT2D eigenvalue weighted by Crippen LogP contribution is 2.16. The molecule has 0 spiro atoms. The Bertz CT molecular complexity index is 334. The summed E-state index contributed by atoms with van der Waals surface area (Å²) in [6.07, 6.45) is 2.64. The van der Waals surface area contributed by atoms with Crippen molar-refractivity contribution in [2.24, 2.45) is 0 Å². The number of amides is 1. The fraction of sp³-hybridized carbons (Fsp3) is 0.462. The Kier molecular flexibility index (Phi) is 5.53. The minimum Gasteiger partial charge on any atom is -0.350 e. The van der Waals surface area contributed by atoms with Gasteiger partial charge >= 0.3 is 0 Å². The number of hydrogen-bond acceptors (Lipinski definition) is 1. The highest BCUT2D eigenvalue weighted by molar-refractivity contribution is 9.10. The van der Waals surface area contributed by atoms with Crippen molar-refractivity contribution in [3.8, 4) is 0 Å². The fourth-order valence-electron chi connectivity index (χ4n) is 1.49. The summed E-state index contributed by atoms with van der Waals surface area (Å²) in [6.45, 7) is 4.10. The van der Waals surface area contributed by atoms with Crippen LogP contribution >= 0.6 is 15.9 Å². The van der Waals surface area contributed by atoms with Gasteiger partial charge < -0.3 is 5.32 Å². The van der Waals surface area contributed by atoms with Gasteiger partial charge in [0.25, 0.3) is 0 Å². The van der Waals surface area contributed by atoms with Crippen molar-refractivity contribution >= 4 is 21.8 Å². The predicted octanol–water partition coefficient (Wildman–Crippen LogP) is 3.82. The molecule has 0 radical (unpaired) electrons. The second kappa shape index (κ2) is 6.69. The van der Waals surface area contributed by atoms with Gasteiger partial charge in [-0.25, -0.2) is 0 Å². The van der Waals surface area contributed by atoms with Crippen molar-refractivity contribution in [1.82, 2.24) is 5.32 Å². The number of hydrogen-bond donors (Lipinski definition) is 1. The zero-order valence-electron chi connectivity index (χ0n) is 9.79. The van der Waals surface area contributed by atoms with Gasteiger partial charge in [0.2, 0.25) is 5.91 Å². The minimum absolute atomic E-state index is 0.0810. The van der Waals surface area contributed by atoms with Gasteiger partial charge in [0.05, 0.1) is 6.04 Å². The molecule has 0 saturated heterocycles. The largest absolute Gasteiger partial charge is 0.350 e. The van der Waals surface area contributed by atoms with E-state index in [1.54, 1.807) is 0 Å². The first kappa shape index (κ1) is 13.2. The highest BCUT2D eigenvalue weighted by atomic mass is 79.9. The summed E-state index contributed by atoms with van der Waals surface area (Å²) in [5.74, 6) is 0.136. The van der Waals surface area contributed by atoms with E-state index in [2.05, 4.69) is 28.2 Å². The van der Waals surface area contributed by atoms with Crippen LogP contribution in [-0.4, -0.2) is 5.91 Å². The number of nitrogens with one attached hydrogen (secondary N) is 1. The van der Waals surface area contributed by atoms with Gasteiger partial charge in [-0.05, 0) is 31.0 Å². The summed E-state index contributed by atoms with van der Waals surface area (Å²) in [5, 5.41) is 3.00. The van der Waals surface area contributed by atoms with Crippen LogP contribution in [-0.2, 0) is 4.79 Å².